The minimum absolute atomic E-state index is 0.0272. The highest BCUT2D eigenvalue weighted by Crippen LogP contribution is 2.76. The lowest BCUT2D eigenvalue weighted by molar-refractivity contribution is -0.396. The first kappa shape index (κ1) is 54.2. The Morgan fingerprint density at radius 1 is 0.551 bits per heavy atom. The highest BCUT2D eigenvalue weighted by Gasteiger charge is 2.73. The van der Waals surface area contributed by atoms with E-state index in [1.165, 1.54) is 0 Å². The van der Waals surface area contributed by atoms with E-state index in [2.05, 4.69) is 26.8 Å². The smallest absolute Gasteiger partial charge is 0.187 e. The fourth-order valence-corrected chi connectivity index (χ4v) is 15.4. The predicted octanol–water partition coefficient (Wildman–Crippen LogP) is -3.50. The van der Waals surface area contributed by atoms with Crippen molar-refractivity contribution in [1.82, 2.24) is 0 Å². The third-order valence-electron chi connectivity index (χ3n) is 19.9. The van der Waals surface area contributed by atoms with Crippen LogP contribution in [-0.2, 0) is 28.4 Å². The Hall–Kier alpha value is -1.10. The van der Waals surface area contributed by atoms with Crippen molar-refractivity contribution in [2.45, 2.75) is 203 Å². The Morgan fingerprint density at radius 2 is 1.10 bits per heavy atom. The molecule has 69 heavy (non-hydrogen) atoms. The largest absolute Gasteiger partial charge is 0.396 e. The number of hydrogen-bond acceptors (Lipinski definition) is 21. The van der Waals surface area contributed by atoms with Gasteiger partial charge in [0.15, 0.2) is 18.9 Å². The number of hydrogen-bond donors (Lipinski definition) is 15. The minimum Gasteiger partial charge on any atom is -0.396 e. The molecule has 0 radical (unpaired) electrons. The van der Waals surface area contributed by atoms with Gasteiger partial charge >= 0.3 is 0 Å². The number of aliphatic hydroxyl groups excluding tert-OH is 15. The molecule has 4 saturated carbocycles. The molecule has 5 aliphatic carbocycles. The van der Waals surface area contributed by atoms with Crippen molar-refractivity contribution in [2.24, 2.45) is 50.2 Å². The molecular formula is C48H80O21. The van der Waals surface area contributed by atoms with Crippen molar-refractivity contribution in [3.63, 3.8) is 0 Å². The van der Waals surface area contributed by atoms with Gasteiger partial charge in [0, 0.05) is 5.41 Å². The van der Waals surface area contributed by atoms with Gasteiger partial charge in [0.25, 0.3) is 0 Å². The average Bonchev–Trinajstić information content (AvgIpc) is 3.31. The summed E-state index contributed by atoms with van der Waals surface area (Å²) in [6, 6.07) is 0. The van der Waals surface area contributed by atoms with Crippen LogP contribution in [0.5, 0.6) is 0 Å². The van der Waals surface area contributed by atoms with E-state index in [9.17, 15) is 76.6 Å². The van der Waals surface area contributed by atoms with E-state index in [1.54, 1.807) is 0 Å². The molecule has 27 atom stereocenters. The maximum absolute atomic E-state index is 12.2. The van der Waals surface area contributed by atoms with Crippen molar-refractivity contribution in [2.75, 3.05) is 33.0 Å². The second kappa shape index (κ2) is 19.2. The molecule has 0 spiro atoms. The van der Waals surface area contributed by atoms with Gasteiger partial charge in [0.2, 0.25) is 0 Å². The summed E-state index contributed by atoms with van der Waals surface area (Å²) in [4.78, 5) is 0. The highest BCUT2D eigenvalue weighted by atomic mass is 16.8. The van der Waals surface area contributed by atoms with E-state index in [4.69, 9.17) is 28.4 Å². The molecule has 3 heterocycles. The molecule has 398 valence electrons. The minimum atomic E-state index is -1.94. The van der Waals surface area contributed by atoms with Crippen molar-refractivity contribution in [3.05, 3.63) is 11.6 Å². The fraction of sp³-hybridized carbons (Fsp3) is 0.958. The molecular weight excluding hydrogens is 913 g/mol. The van der Waals surface area contributed by atoms with Gasteiger partial charge < -0.3 is 105 Å². The third-order valence-corrected chi connectivity index (χ3v) is 19.9. The molecule has 3 aliphatic heterocycles. The molecule has 0 unspecified atom stereocenters. The average molecular weight is 993 g/mol. The zero-order chi connectivity index (χ0) is 50.7. The lowest BCUT2D eigenvalue weighted by Crippen LogP contribution is -2.72. The van der Waals surface area contributed by atoms with Crippen LogP contribution in [0.4, 0.5) is 0 Å². The van der Waals surface area contributed by atoms with Crippen LogP contribution in [-0.4, -0.2) is 226 Å². The summed E-state index contributed by atoms with van der Waals surface area (Å²) in [6.07, 6.45) is -24.5. The summed E-state index contributed by atoms with van der Waals surface area (Å²) >= 11 is 0. The van der Waals surface area contributed by atoms with E-state index < -0.39 is 181 Å². The van der Waals surface area contributed by atoms with Gasteiger partial charge in [0.1, 0.15) is 73.2 Å². The lowest BCUT2D eigenvalue weighted by atomic mass is 9.33. The zero-order valence-corrected chi connectivity index (χ0v) is 40.4. The second-order valence-corrected chi connectivity index (χ2v) is 23.6. The van der Waals surface area contributed by atoms with Gasteiger partial charge in [-0.15, -0.1) is 0 Å². The zero-order valence-electron chi connectivity index (χ0n) is 40.4. The van der Waals surface area contributed by atoms with Crippen molar-refractivity contribution in [1.29, 1.82) is 0 Å². The summed E-state index contributed by atoms with van der Waals surface area (Å²) in [5, 5.41) is 164. The number of ether oxygens (including phenoxy) is 6. The highest BCUT2D eigenvalue weighted by molar-refractivity contribution is 5.36. The van der Waals surface area contributed by atoms with Gasteiger partial charge in [-0.3, -0.25) is 0 Å². The number of fused-ring (bicyclic) bond motifs is 7. The van der Waals surface area contributed by atoms with E-state index in [0.29, 0.717) is 38.5 Å². The standard InChI is InChI=1S/C48H80O21/c1-43(2)13-21-20-7-8-26-44(3)11-10-28(45(4,18-52)25(44)9-12-46(26,5)47(20,6)14-27(54)48(21,19-53)39(63)38(43)62)67-42-37(69-41-34(60)32(58)30(56)23(16-50)65-41)35(61)36(24(17-51)66-42)68-40-33(59)31(57)29(55)22(15-49)64-40/h7,21-42,49-63H,8-19H2,1-6H3/t21-,22+,23+,24+,25+,26+,27+,28-,29+,30+,31-,32-,33+,34+,35-,36+,37+,38-,39-,40-,41-,42-,44-,45+,46+,47+,48-/m0/s1. The van der Waals surface area contributed by atoms with E-state index in [1.807, 2.05) is 20.8 Å². The summed E-state index contributed by atoms with van der Waals surface area (Å²) in [5.74, 6) is -0.552. The normalized spacial score (nSPS) is 56.3. The van der Waals surface area contributed by atoms with E-state index in [0.717, 1.165) is 5.57 Å². The summed E-state index contributed by atoms with van der Waals surface area (Å²) in [7, 11) is 0. The Labute approximate surface area is 402 Å². The topological polar surface area (TPSA) is 359 Å². The first-order valence-electron chi connectivity index (χ1n) is 24.8. The molecule has 8 rings (SSSR count). The molecule has 0 amide bonds. The molecule has 0 aromatic heterocycles. The molecule has 0 aromatic rings. The maximum Gasteiger partial charge on any atom is 0.187 e. The van der Waals surface area contributed by atoms with Crippen LogP contribution in [0.1, 0.15) is 86.5 Å². The van der Waals surface area contributed by atoms with Crippen molar-refractivity contribution in [3.8, 4) is 0 Å². The summed E-state index contributed by atoms with van der Waals surface area (Å²) < 4.78 is 36.4. The Bertz CT molecular complexity index is 1840. The van der Waals surface area contributed by atoms with Crippen LogP contribution in [0.25, 0.3) is 0 Å². The number of aliphatic hydroxyl groups is 15. The van der Waals surface area contributed by atoms with Gasteiger partial charge in [-0.05, 0) is 84.4 Å². The fourth-order valence-electron chi connectivity index (χ4n) is 15.4. The van der Waals surface area contributed by atoms with Gasteiger partial charge in [-0.25, -0.2) is 0 Å². The van der Waals surface area contributed by atoms with E-state index in [-0.39, 0.29) is 24.9 Å². The Morgan fingerprint density at radius 3 is 1.64 bits per heavy atom. The second-order valence-electron chi connectivity index (χ2n) is 23.6. The van der Waals surface area contributed by atoms with Gasteiger partial charge in [0.05, 0.1) is 62.9 Å². The third kappa shape index (κ3) is 8.07. The molecule has 21 nitrogen and oxygen atoms in total. The first-order valence-corrected chi connectivity index (χ1v) is 24.8. The molecule has 21 heteroatoms. The molecule has 0 aromatic carbocycles. The van der Waals surface area contributed by atoms with Gasteiger partial charge in [-0.2, -0.15) is 0 Å². The van der Waals surface area contributed by atoms with Gasteiger partial charge in [-0.1, -0.05) is 53.2 Å². The van der Waals surface area contributed by atoms with Crippen LogP contribution in [0.2, 0.25) is 0 Å². The van der Waals surface area contributed by atoms with Crippen LogP contribution in [0.15, 0.2) is 11.6 Å². The predicted molar refractivity (Wildman–Crippen MR) is 236 cm³/mol. The summed E-state index contributed by atoms with van der Waals surface area (Å²) in [5.41, 5.74) is -3.33. The maximum atomic E-state index is 12.2. The Kier molecular flexibility index (Phi) is 15.1. The number of rotatable bonds is 11. The molecule has 8 aliphatic rings. The number of allylic oxidation sites excluding steroid dienone is 2. The lowest BCUT2D eigenvalue weighted by Gasteiger charge is -2.72. The van der Waals surface area contributed by atoms with Crippen LogP contribution >= 0.6 is 0 Å². The Balaban J connectivity index is 1.09. The van der Waals surface area contributed by atoms with E-state index >= 15 is 0 Å². The molecule has 7 fully saturated rings. The quantitative estimate of drug-likeness (QED) is 0.0705. The molecule has 15 N–H and O–H groups in total. The first-order chi connectivity index (χ1) is 32.3. The monoisotopic (exact) mass is 993 g/mol. The van der Waals surface area contributed by atoms with Crippen molar-refractivity contribution < 1.29 is 105 Å². The van der Waals surface area contributed by atoms with Crippen LogP contribution in [0, 0.1) is 50.2 Å². The van der Waals surface area contributed by atoms with Crippen LogP contribution < -0.4 is 0 Å². The summed E-state index contributed by atoms with van der Waals surface area (Å²) in [6.45, 7) is 9.18. The van der Waals surface area contributed by atoms with Crippen LogP contribution in [0.3, 0.4) is 0 Å². The van der Waals surface area contributed by atoms with Crippen molar-refractivity contribution >= 4 is 0 Å². The molecule has 0 bridgehead atoms. The molecule has 3 saturated heterocycles. The SMILES string of the molecule is CC1(C)C[C@H]2C3=CC[C@@H]4[C@@]5(C)CC[C@H](O[C@@H]6O[C@H](CO)[C@@H](O[C@@H]7O[C@H](CO)[C@@H](O)[C@H](O)[C@H]7O)[C@H](O)[C@H]6O[C@@H]6O[C@H](CO)[C@@H](O)[C@H](O)[C@H]6O)[C@](C)(CO)[C@@H]5CC[C@@]4(C)[C@]3(C)C[C@@H](O)[C@@]2(CO)[C@@H](O)[C@@H]1O.